The molecule has 2 heterocycles. The monoisotopic (exact) mass is 255 g/mol. The number of aliphatic hydroxyl groups excluding tert-OH is 1. The van der Waals surface area contributed by atoms with Crippen molar-refractivity contribution in [1.29, 1.82) is 5.26 Å². The van der Waals surface area contributed by atoms with E-state index in [4.69, 9.17) is 0 Å². The van der Waals surface area contributed by atoms with Gasteiger partial charge in [-0.3, -0.25) is 4.68 Å². The fourth-order valence-electron chi connectivity index (χ4n) is 2.14. The summed E-state index contributed by atoms with van der Waals surface area (Å²) in [6.45, 7) is 0. The molecule has 0 spiro atoms. The average molecular weight is 255 g/mol. The number of nitrogens with zero attached hydrogens (tertiary/aromatic N) is 3. The molecule has 1 aromatic rings. The Bertz CT molecular complexity index is 572. The Morgan fingerprint density at radius 2 is 2.41 bits per heavy atom. The van der Waals surface area contributed by atoms with Gasteiger partial charge in [-0.15, -0.1) is 0 Å². The van der Waals surface area contributed by atoms with Crippen molar-refractivity contribution in [1.82, 2.24) is 9.78 Å². The first kappa shape index (κ1) is 12.1. The summed E-state index contributed by atoms with van der Waals surface area (Å²) in [7, 11) is -1.53. The van der Waals surface area contributed by atoms with Crippen LogP contribution in [0.4, 0.5) is 0 Å². The lowest BCUT2D eigenvalue weighted by Gasteiger charge is -2.24. The van der Waals surface area contributed by atoms with Gasteiger partial charge in [-0.1, -0.05) is 0 Å². The van der Waals surface area contributed by atoms with E-state index in [1.807, 2.05) is 6.07 Å². The van der Waals surface area contributed by atoms with E-state index in [1.54, 1.807) is 13.2 Å². The molecule has 92 valence electrons. The highest BCUT2D eigenvalue weighted by Gasteiger charge is 2.48. The third-order valence-electron chi connectivity index (χ3n) is 3.12. The predicted molar refractivity (Wildman–Crippen MR) is 59.5 cm³/mol. The van der Waals surface area contributed by atoms with Crippen molar-refractivity contribution in [2.24, 2.45) is 12.5 Å². The topological polar surface area (TPSA) is 96.0 Å². The Balaban J connectivity index is 2.35. The second kappa shape index (κ2) is 3.82. The second-order valence-electron chi connectivity index (χ2n) is 4.46. The van der Waals surface area contributed by atoms with Gasteiger partial charge in [0.05, 0.1) is 23.8 Å². The van der Waals surface area contributed by atoms with E-state index in [0.29, 0.717) is 5.56 Å². The summed E-state index contributed by atoms with van der Waals surface area (Å²) in [5, 5.41) is 23.3. The van der Waals surface area contributed by atoms with Crippen LogP contribution in [0, 0.1) is 16.7 Å². The number of aromatic nitrogens is 2. The van der Waals surface area contributed by atoms with Crippen molar-refractivity contribution in [2.45, 2.75) is 12.5 Å². The molecule has 2 unspecified atom stereocenters. The van der Waals surface area contributed by atoms with Gasteiger partial charge in [-0.05, 0) is 6.42 Å². The minimum absolute atomic E-state index is 0.0438. The molecule has 1 aromatic heterocycles. The Kier molecular flexibility index (Phi) is 2.72. The molecule has 0 saturated carbocycles. The normalized spacial score (nSPS) is 28.8. The number of rotatable bonds is 2. The van der Waals surface area contributed by atoms with E-state index in [9.17, 15) is 18.8 Å². The maximum absolute atomic E-state index is 11.5. The second-order valence-corrected chi connectivity index (χ2v) is 6.64. The summed E-state index contributed by atoms with van der Waals surface area (Å²) in [5.74, 6) is -0.329. The highest BCUT2D eigenvalue weighted by Crippen LogP contribution is 2.42. The van der Waals surface area contributed by atoms with Gasteiger partial charge in [-0.2, -0.15) is 10.4 Å². The number of sulfone groups is 1. The Hall–Kier alpha value is -1.39. The maximum atomic E-state index is 11.5. The molecule has 2 atom stereocenters. The summed E-state index contributed by atoms with van der Waals surface area (Å²) in [4.78, 5) is 0. The van der Waals surface area contributed by atoms with Gasteiger partial charge in [0.1, 0.15) is 11.5 Å². The molecule has 0 aromatic carbocycles. The highest BCUT2D eigenvalue weighted by molar-refractivity contribution is 7.91. The minimum Gasteiger partial charge on any atom is -0.387 e. The Morgan fingerprint density at radius 1 is 1.71 bits per heavy atom. The number of aliphatic hydroxyl groups is 1. The lowest BCUT2D eigenvalue weighted by atomic mass is 9.81. The first-order chi connectivity index (χ1) is 7.88. The standard InChI is InChI=1S/C10H13N3O3S/c1-13-5-8(4-12-13)9(14)10(6-11)2-3-17(15,16)7-10/h4-5,9,14H,2-3,7H2,1H3. The van der Waals surface area contributed by atoms with Gasteiger partial charge in [0.25, 0.3) is 0 Å². The van der Waals surface area contributed by atoms with Crippen molar-refractivity contribution < 1.29 is 13.5 Å². The van der Waals surface area contributed by atoms with Crippen LogP contribution in [-0.2, 0) is 16.9 Å². The van der Waals surface area contributed by atoms with E-state index in [0.717, 1.165) is 0 Å². The molecule has 1 aliphatic heterocycles. The van der Waals surface area contributed by atoms with Crippen LogP contribution in [0.5, 0.6) is 0 Å². The molecule has 1 N–H and O–H groups in total. The molecule has 1 fully saturated rings. The smallest absolute Gasteiger partial charge is 0.152 e. The zero-order valence-electron chi connectivity index (χ0n) is 9.37. The van der Waals surface area contributed by atoms with Crippen LogP contribution in [0.25, 0.3) is 0 Å². The molecule has 2 rings (SSSR count). The molecule has 7 heteroatoms. The van der Waals surface area contributed by atoms with Crippen molar-refractivity contribution >= 4 is 9.84 Å². The molecule has 1 aliphatic rings. The van der Waals surface area contributed by atoms with Crippen LogP contribution in [0.2, 0.25) is 0 Å². The lowest BCUT2D eigenvalue weighted by Crippen LogP contribution is -2.28. The Morgan fingerprint density at radius 3 is 2.82 bits per heavy atom. The largest absolute Gasteiger partial charge is 0.387 e. The van der Waals surface area contributed by atoms with Gasteiger partial charge in [-0.25, -0.2) is 8.42 Å². The predicted octanol–water partition coefficient (Wildman–Crippen LogP) is -0.218. The molecule has 0 bridgehead atoms. The molecular formula is C10H13N3O3S. The lowest BCUT2D eigenvalue weighted by molar-refractivity contribution is 0.0793. The molecule has 0 amide bonds. The average Bonchev–Trinajstić information content (AvgIpc) is 2.82. The number of nitriles is 1. The van der Waals surface area contributed by atoms with Crippen LogP contribution in [-0.4, -0.2) is 34.8 Å². The van der Waals surface area contributed by atoms with Crippen molar-refractivity contribution in [3.63, 3.8) is 0 Å². The summed E-state index contributed by atoms with van der Waals surface area (Å²) in [6.07, 6.45) is 2.10. The van der Waals surface area contributed by atoms with Crippen LogP contribution >= 0.6 is 0 Å². The van der Waals surface area contributed by atoms with E-state index in [2.05, 4.69) is 5.10 Å². The first-order valence-electron chi connectivity index (χ1n) is 5.17. The third-order valence-corrected chi connectivity index (χ3v) is 4.90. The maximum Gasteiger partial charge on any atom is 0.152 e. The first-order valence-corrected chi connectivity index (χ1v) is 6.99. The SMILES string of the molecule is Cn1cc(C(O)C2(C#N)CCS(=O)(=O)C2)cn1. The summed E-state index contributed by atoms with van der Waals surface area (Å²) in [5.41, 5.74) is -0.756. The van der Waals surface area contributed by atoms with Gasteiger partial charge < -0.3 is 5.11 Å². The van der Waals surface area contributed by atoms with Gasteiger partial charge in [0.2, 0.25) is 0 Å². The third kappa shape index (κ3) is 2.06. The molecule has 1 saturated heterocycles. The van der Waals surface area contributed by atoms with Crippen molar-refractivity contribution in [3.8, 4) is 6.07 Å². The van der Waals surface area contributed by atoms with Gasteiger partial charge in [0.15, 0.2) is 9.84 Å². The number of hydrogen-bond acceptors (Lipinski definition) is 5. The minimum atomic E-state index is -3.22. The van der Waals surface area contributed by atoms with Crippen molar-refractivity contribution in [2.75, 3.05) is 11.5 Å². The van der Waals surface area contributed by atoms with Crippen LogP contribution in [0.3, 0.4) is 0 Å². The van der Waals surface area contributed by atoms with Gasteiger partial charge >= 0.3 is 0 Å². The number of aryl methyl sites for hydroxylation is 1. The molecule has 0 radical (unpaired) electrons. The van der Waals surface area contributed by atoms with E-state index < -0.39 is 21.4 Å². The number of hydrogen-bond donors (Lipinski definition) is 1. The van der Waals surface area contributed by atoms with Crippen LogP contribution < -0.4 is 0 Å². The van der Waals surface area contributed by atoms with E-state index in [-0.39, 0.29) is 17.9 Å². The summed E-state index contributed by atoms with van der Waals surface area (Å²) >= 11 is 0. The van der Waals surface area contributed by atoms with Gasteiger partial charge in [0, 0.05) is 18.8 Å². The molecule has 17 heavy (non-hydrogen) atoms. The molecule has 0 aliphatic carbocycles. The quantitative estimate of drug-likeness (QED) is 0.788. The van der Waals surface area contributed by atoms with Crippen LogP contribution in [0.1, 0.15) is 18.1 Å². The van der Waals surface area contributed by atoms with Crippen LogP contribution in [0.15, 0.2) is 12.4 Å². The summed E-state index contributed by atoms with van der Waals surface area (Å²) < 4.78 is 24.4. The molecule has 6 nitrogen and oxygen atoms in total. The fraction of sp³-hybridized carbons (Fsp3) is 0.600. The Labute approximate surface area is 99.4 Å². The molecular weight excluding hydrogens is 242 g/mol. The summed E-state index contributed by atoms with van der Waals surface area (Å²) in [6, 6.07) is 1.97. The van der Waals surface area contributed by atoms with Crippen molar-refractivity contribution in [3.05, 3.63) is 18.0 Å². The zero-order chi connectivity index (χ0) is 12.7. The fourth-order valence-corrected chi connectivity index (χ4v) is 4.11. The highest BCUT2D eigenvalue weighted by atomic mass is 32.2. The van der Waals surface area contributed by atoms with E-state index >= 15 is 0 Å². The van der Waals surface area contributed by atoms with E-state index in [1.165, 1.54) is 10.9 Å². The zero-order valence-corrected chi connectivity index (χ0v) is 10.2.